The Morgan fingerprint density at radius 3 is 1.44 bits per heavy atom. The molecule has 2 unspecified atom stereocenters. The number of ketones is 1. The molecule has 0 heterocycles. The SMILES string of the molecule is O=C1C2CCCCCCCCCC1CCC2. The van der Waals surface area contributed by atoms with Crippen LogP contribution in [0.2, 0.25) is 0 Å². The van der Waals surface area contributed by atoms with Crippen LogP contribution < -0.4 is 0 Å². The van der Waals surface area contributed by atoms with Gasteiger partial charge in [0.1, 0.15) is 5.78 Å². The van der Waals surface area contributed by atoms with Crippen LogP contribution in [0.25, 0.3) is 0 Å². The van der Waals surface area contributed by atoms with Crippen LogP contribution >= 0.6 is 0 Å². The van der Waals surface area contributed by atoms with Gasteiger partial charge in [-0.3, -0.25) is 4.79 Å². The van der Waals surface area contributed by atoms with Crippen LogP contribution in [0.4, 0.5) is 0 Å². The lowest BCUT2D eigenvalue weighted by molar-refractivity contribution is -0.129. The van der Waals surface area contributed by atoms with Gasteiger partial charge < -0.3 is 0 Å². The summed E-state index contributed by atoms with van der Waals surface area (Å²) >= 11 is 0. The maximum Gasteiger partial charge on any atom is 0.139 e. The van der Waals surface area contributed by atoms with E-state index in [2.05, 4.69) is 0 Å². The van der Waals surface area contributed by atoms with Gasteiger partial charge in [0.2, 0.25) is 0 Å². The second-order valence-electron chi connectivity index (χ2n) is 5.78. The summed E-state index contributed by atoms with van der Waals surface area (Å²) in [7, 11) is 0. The molecule has 0 amide bonds. The van der Waals surface area contributed by atoms with Gasteiger partial charge >= 0.3 is 0 Å². The maximum absolute atomic E-state index is 12.2. The quantitative estimate of drug-likeness (QED) is 0.590. The van der Waals surface area contributed by atoms with E-state index in [9.17, 15) is 4.79 Å². The van der Waals surface area contributed by atoms with Gasteiger partial charge in [-0.25, -0.2) is 0 Å². The van der Waals surface area contributed by atoms with Crippen molar-refractivity contribution in [3.05, 3.63) is 0 Å². The molecule has 2 aliphatic carbocycles. The molecule has 2 saturated carbocycles. The normalized spacial score (nSPS) is 33.9. The van der Waals surface area contributed by atoms with Crippen LogP contribution in [0, 0.1) is 11.8 Å². The zero-order valence-corrected chi connectivity index (χ0v) is 10.5. The van der Waals surface area contributed by atoms with Crippen molar-refractivity contribution < 1.29 is 4.79 Å². The molecule has 0 radical (unpaired) electrons. The molecule has 2 aliphatic rings. The summed E-state index contributed by atoms with van der Waals surface area (Å²) in [5.41, 5.74) is 0. The lowest BCUT2D eigenvalue weighted by Crippen LogP contribution is -2.28. The highest BCUT2D eigenvalue weighted by atomic mass is 16.1. The molecule has 2 atom stereocenters. The number of carbonyl (C=O) groups excluding carboxylic acids is 1. The molecule has 0 aromatic rings. The average Bonchev–Trinajstić information content (AvgIpc) is 2.30. The van der Waals surface area contributed by atoms with Crippen LogP contribution in [0.1, 0.15) is 77.0 Å². The molecule has 1 nitrogen and oxygen atoms in total. The van der Waals surface area contributed by atoms with Gasteiger partial charge in [-0.05, 0) is 25.7 Å². The molecule has 2 rings (SSSR count). The zero-order valence-electron chi connectivity index (χ0n) is 10.5. The van der Waals surface area contributed by atoms with Crippen LogP contribution in [-0.4, -0.2) is 5.78 Å². The molecule has 2 fully saturated rings. The smallest absolute Gasteiger partial charge is 0.139 e. The summed E-state index contributed by atoms with van der Waals surface area (Å²) < 4.78 is 0. The lowest BCUT2D eigenvalue weighted by atomic mass is 9.75. The van der Waals surface area contributed by atoms with Crippen LogP contribution in [0.15, 0.2) is 0 Å². The molecule has 0 N–H and O–H groups in total. The fourth-order valence-electron chi connectivity index (χ4n) is 3.47. The first-order valence-electron chi connectivity index (χ1n) is 7.41. The third-order valence-electron chi connectivity index (χ3n) is 4.52. The Kier molecular flexibility index (Phi) is 4.87. The van der Waals surface area contributed by atoms with Gasteiger partial charge in [-0.1, -0.05) is 51.4 Å². The van der Waals surface area contributed by atoms with E-state index >= 15 is 0 Å². The van der Waals surface area contributed by atoms with Gasteiger partial charge in [-0.15, -0.1) is 0 Å². The number of fused-ring (bicyclic) bond motifs is 2. The molecule has 0 saturated heterocycles. The first-order valence-corrected chi connectivity index (χ1v) is 7.41. The van der Waals surface area contributed by atoms with E-state index in [4.69, 9.17) is 0 Å². The lowest BCUT2D eigenvalue weighted by Gasteiger charge is -2.28. The molecule has 16 heavy (non-hydrogen) atoms. The molecular formula is C15H26O. The number of Topliss-reactive ketones (excluding diaryl/α,β-unsaturated/α-hetero) is 1. The van der Waals surface area contributed by atoms with Crippen molar-refractivity contribution in [3.63, 3.8) is 0 Å². The fourth-order valence-corrected chi connectivity index (χ4v) is 3.47. The highest BCUT2D eigenvalue weighted by molar-refractivity contribution is 5.84. The average molecular weight is 222 g/mol. The van der Waals surface area contributed by atoms with Crippen molar-refractivity contribution in [2.24, 2.45) is 11.8 Å². The first-order chi connectivity index (χ1) is 7.88. The van der Waals surface area contributed by atoms with E-state index in [1.807, 2.05) is 0 Å². The summed E-state index contributed by atoms with van der Waals surface area (Å²) in [5, 5.41) is 0. The van der Waals surface area contributed by atoms with Gasteiger partial charge in [0.15, 0.2) is 0 Å². The van der Waals surface area contributed by atoms with Crippen LogP contribution in [-0.2, 0) is 4.79 Å². The minimum absolute atomic E-state index is 0.443. The Bertz CT molecular complexity index is 201. The first kappa shape index (κ1) is 12.1. The molecule has 0 aliphatic heterocycles. The summed E-state index contributed by atoms with van der Waals surface area (Å²) in [4.78, 5) is 12.2. The number of hydrogen-bond donors (Lipinski definition) is 0. The Hall–Kier alpha value is -0.330. The van der Waals surface area contributed by atoms with Crippen LogP contribution in [0.5, 0.6) is 0 Å². The standard InChI is InChI=1S/C15H26O/c16-15-13-9-6-4-2-1-3-5-7-10-14(15)12-8-11-13/h13-14H,1-12H2. The molecule has 0 aromatic carbocycles. The highest BCUT2D eigenvalue weighted by Gasteiger charge is 2.30. The van der Waals surface area contributed by atoms with Gasteiger partial charge in [0.05, 0.1) is 0 Å². The van der Waals surface area contributed by atoms with Crippen molar-refractivity contribution in [3.8, 4) is 0 Å². The van der Waals surface area contributed by atoms with Crippen molar-refractivity contribution in [1.82, 2.24) is 0 Å². The maximum atomic E-state index is 12.2. The Morgan fingerprint density at radius 2 is 0.938 bits per heavy atom. The molecule has 0 aromatic heterocycles. The Balaban J connectivity index is 1.90. The predicted octanol–water partition coefficient (Wildman–Crippen LogP) is 4.50. The Morgan fingerprint density at radius 1 is 0.562 bits per heavy atom. The second-order valence-corrected chi connectivity index (χ2v) is 5.78. The van der Waals surface area contributed by atoms with E-state index in [1.165, 1.54) is 77.0 Å². The fraction of sp³-hybridized carbons (Fsp3) is 0.933. The molecule has 0 spiro atoms. The van der Waals surface area contributed by atoms with E-state index in [0.717, 1.165) is 0 Å². The van der Waals surface area contributed by atoms with Gasteiger partial charge in [0, 0.05) is 11.8 Å². The van der Waals surface area contributed by atoms with E-state index in [-0.39, 0.29) is 0 Å². The van der Waals surface area contributed by atoms with Crippen LogP contribution in [0.3, 0.4) is 0 Å². The molecule has 2 bridgehead atoms. The van der Waals surface area contributed by atoms with E-state index in [0.29, 0.717) is 17.6 Å². The topological polar surface area (TPSA) is 17.1 Å². The zero-order chi connectivity index (χ0) is 11.2. The highest BCUT2D eigenvalue weighted by Crippen LogP contribution is 2.32. The molecule has 92 valence electrons. The summed E-state index contributed by atoms with van der Waals surface area (Å²) in [6.07, 6.45) is 15.6. The van der Waals surface area contributed by atoms with E-state index < -0.39 is 0 Å². The minimum Gasteiger partial charge on any atom is -0.299 e. The third-order valence-corrected chi connectivity index (χ3v) is 4.52. The summed E-state index contributed by atoms with van der Waals surface area (Å²) in [6.45, 7) is 0. The summed E-state index contributed by atoms with van der Waals surface area (Å²) in [6, 6.07) is 0. The predicted molar refractivity (Wildman–Crippen MR) is 67.4 cm³/mol. The van der Waals surface area contributed by atoms with E-state index in [1.54, 1.807) is 0 Å². The van der Waals surface area contributed by atoms with Crippen molar-refractivity contribution >= 4 is 5.78 Å². The van der Waals surface area contributed by atoms with Gasteiger partial charge in [-0.2, -0.15) is 0 Å². The van der Waals surface area contributed by atoms with Crippen molar-refractivity contribution in [2.45, 2.75) is 77.0 Å². The largest absolute Gasteiger partial charge is 0.299 e. The monoisotopic (exact) mass is 222 g/mol. The second kappa shape index (κ2) is 6.42. The minimum atomic E-state index is 0.443. The van der Waals surface area contributed by atoms with Crippen molar-refractivity contribution in [1.29, 1.82) is 0 Å². The third kappa shape index (κ3) is 3.33. The molecule has 1 heteroatoms. The Labute approximate surface area is 100.0 Å². The van der Waals surface area contributed by atoms with Crippen molar-refractivity contribution in [2.75, 3.05) is 0 Å². The van der Waals surface area contributed by atoms with Gasteiger partial charge in [0.25, 0.3) is 0 Å². The number of carbonyl (C=O) groups is 1. The molecular weight excluding hydrogens is 196 g/mol. The summed E-state index contributed by atoms with van der Waals surface area (Å²) in [5.74, 6) is 1.52. The number of hydrogen-bond acceptors (Lipinski definition) is 1. The number of rotatable bonds is 0.